The molecule has 7 atom stereocenters. The molecule has 0 aliphatic carbocycles. The summed E-state index contributed by atoms with van der Waals surface area (Å²) in [6, 6.07) is -0.834. The number of carbonyl (C=O) groups is 2. The van der Waals surface area contributed by atoms with Gasteiger partial charge in [0.15, 0.2) is 6.29 Å². The molecule has 11 heteroatoms. The van der Waals surface area contributed by atoms with E-state index >= 15 is 0 Å². The Hall–Kier alpha value is -2.64. The van der Waals surface area contributed by atoms with Crippen molar-refractivity contribution >= 4 is 11.9 Å². The van der Waals surface area contributed by atoms with Crippen LogP contribution in [0.2, 0.25) is 0 Å². The summed E-state index contributed by atoms with van der Waals surface area (Å²) in [7, 11) is 0. The third-order valence-corrected chi connectivity index (χ3v) is 17.6. The monoisotopic (exact) mass is 1240 g/mol. The maximum absolute atomic E-state index is 13.1. The highest BCUT2D eigenvalue weighted by Gasteiger charge is 2.44. The topological polar surface area (TPSA) is 175 Å². The molecule has 11 nitrogen and oxygen atoms in total. The molecule has 1 rings (SSSR count). The van der Waals surface area contributed by atoms with E-state index in [1.165, 1.54) is 257 Å². The SMILES string of the molecule is CCCCC/C=C/CC/C=C/CC/C=C/C(O)C(COC1OC(CO)C(O)C(O)C1O)NC(=O)CCCCCCCCCCCCCCCCCCC/C=C\C/C=C\CCCCCCCCCCCCCOC(=O)CCCCCCCCCCCCCC. The average Bonchev–Trinajstić information content (AvgIpc) is 3.33. The Morgan fingerprint density at radius 1 is 0.420 bits per heavy atom. The molecule has 0 bridgehead atoms. The normalized spacial score (nSPS) is 18.1. The van der Waals surface area contributed by atoms with E-state index in [0.29, 0.717) is 19.4 Å². The predicted octanol–water partition coefficient (Wildman–Crippen LogP) is 19.7. The Balaban J connectivity index is 1.95. The van der Waals surface area contributed by atoms with Gasteiger partial charge in [0.2, 0.25) is 5.91 Å². The molecular formula is C77H141NO10. The lowest BCUT2D eigenvalue weighted by Gasteiger charge is -2.40. The first kappa shape index (κ1) is 83.4. The second-order valence-electron chi connectivity index (χ2n) is 26.0. The van der Waals surface area contributed by atoms with Crippen LogP contribution in [0.4, 0.5) is 0 Å². The molecule has 88 heavy (non-hydrogen) atoms. The maximum Gasteiger partial charge on any atom is 0.305 e. The molecule has 0 radical (unpaired) electrons. The van der Waals surface area contributed by atoms with Gasteiger partial charge in [-0.3, -0.25) is 9.59 Å². The summed E-state index contributed by atoms with van der Waals surface area (Å²) in [6.45, 7) is 4.32. The molecule has 6 N–H and O–H groups in total. The molecule has 0 spiro atoms. The van der Waals surface area contributed by atoms with Gasteiger partial charge in [0.25, 0.3) is 0 Å². The number of hydrogen-bond donors (Lipinski definition) is 6. The Morgan fingerprint density at radius 3 is 1.22 bits per heavy atom. The van der Waals surface area contributed by atoms with Crippen molar-refractivity contribution in [1.29, 1.82) is 0 Å². The standard InChI is InChI=1S/C77H141NO10/c1-3-5-7-9-11-13-15-40-43-47-51-55-59-63-70(80)69(68-87-77-76(85)75(84)74(83)71(67-79)88-77)78-72(81)64-60-56-52-48-44-41-38-36-34-32-30-28-26-24-22-20-18-17-19-21-23-25-27-29-31-33-35-37-39-42-46-50-54-58-62-66-86-73(82)65-61-57-53-49-45-16-14-12-10-8-6-4-2/h11,13,19,21,25,27,43,47,59,63,69-71,74-77,79-80,83-85H,3-10,12,14-18,20,22-24,26,28-42,44-46,48-58,60-62,64-68H2,1-2H3,(H,78,81)/b13-11+,21-19-,27-25-,47-43+,63-59+. The fourth-order valence-electron chi connectivity index (χ4n) is 11.7. The van der Waals surface area contributed by atoms with Crippen LogP contribution in [0.1, 0.15) is 354 Å². The number of amides is 1. The van der Waals surface area contributed by atoms with Crippen LogP contribution in [0.3, 0.4) is 0 Å². The molecular weight excluding hydrogens is 1100 g/mol. The number of unbranched alkanes of at least 4 members (excludes halogenated alkanes) is 44. The van der Waals surface area contributed by atoms with Crippen molar-refractivity contribution in [2.24, 2.45) is 0 Å². The fraction of sp³-hybridized carbons (Fsp3) is 0.844. The molecule has 1 heterocycles. The molecule has 1 saturated heterocycles. The molecule has 1 aliphatic heterocycles. The van der Waals surface area contributed by atoms with Crippen molar-refractivity contribution in [3.8, 4) is 0 Å². The lowest BCUT2D eigenvalue weighted by atomic mass is 9.99. The van der Waals surface area contributed by atoms with Crippen molar-refractivity contribution in [3.63, 3.8) is 0 Å². The number of ether oxygens (including phenoxy) is 3. The molecule has 1 fully saturated rings. The van der Waals surface area contributed by atoms with E-state index in [-0.39, 0.29) is 18.5 Å². The predicted molar refractivity (Wildman–Crippen MR) is 370 cm³/mol. The van der Waals surface area contributed by atoms with E-state index in [1.54, 1.807) is 6.08 Å². The number of rotatable bonds is 66. The molecule has 0 aromatic rings. The molecule has 7 unspecified atom stereocenters. The van der Waals surface area contributed by atoms with E-state index < -0.39 is 49.5 Å². The minimum atomic E-state index is -1.58. The zero-order chi connectivity index (χ0) is 63.7. The van der Waals surface area contributed by atoms with Crippen molar-refractivity contribution < 1.29 is 49.3 Å². The van der Waals surface area contributed by atoms with E-state index in [2.05, 4.69) is 67.8 Å². The third-order valence-electron chi connectivity index (χ3n) is 17.6. The first-order valence-corrected chi connectivity index (χ1v) is 37.6. The number of nitrogens with one attached hydrogen (secondary N) is 1. The van der Waals surface area contributed by atoms with Crippen molar-refractivity contribution in [1.82, 2.24) is 5.32 Å². The van der Waals surface area contributed by atoms with Crippen LogP contribution in [0, 0.1) is 0 Å². The van der Waals surface area contributed by atoms with Crippen LogP contribution in [0.15, 0.2) is 60.8 Å². The smallest absolute Gasteiger partial charge is 0.305 e. The Bertz CT molecular complexity index is 1650. The molecule has 0 aromatic heterocycles. The summed E-state index contributed by atoms with van der Waals surface area (Å²) in [5, 5.41) is 54.5. The molecule has 0 saturated carbocycles. The van der Waals surface area contributed by atoms with Gasteiger partial charge in [-0.15, -0.1) is 0 Å². The number of aliphatic hydroxyl groups is 5. The average molecular weight is 1240 g/mol. The molecule has 0 aromatic carbocycles. The van der Waals surface area contributed by atoms with Crippen molar-refractivity contribution in [2.45, 2.75) is 397 Å². The van der Waals surface area contributed by atoms with Crippen LogP contribution in [-0.2, 0) is 23.8 Å². The summed E-state index contributed by atoms with van der Waals surface area (Å²) >= 11 is 0. The summed E-state index contributed by atoms with van der Waals surface area (Å²) in [6.07, 6.45) is 78.1. The highest BCUT2D eigenvalue weighted by atomic mass is 16.7. The summed E-state index contributed by atoms with van der Waals surface area (Å²) in [5.74, 6) is -0.183. The van der Waals surface area contributed by atoms with Gasteiger partial charge < -0.3 is 45.1 Å². The van der Waals surface area contributed by atoms with E-state index in [1.807, 2.05) is 6.08 Å². The minimum Gasteiger partial charge on any atom is -0.466 e. The molecule has 1 aliphatic rings. The lowest BCUT2D eigenvalue weighted by molar-refractivity contribution is -0.302. The van der Waals surface area contributed by atoms with E-state index in [9.17, 15) is 35.1 Å². The zero-order valence-corrected chi connectivity index (χ0v) is 57.2. The number of hydrogen-bond acceptors (Lipinski definition) is 10. The zero-order valence-electron chi connectivity index (χ0n) is 57.2. The van der Waals surface area contributed by atoms with Gasteiger partial charge >= 0.3 is 5.97 Å². The fourth-order valence-corrected chi connectivity index (χ4v) is 11.7. The van der Waals surface area contributed by atoms with Gasteiger partial charge in [0.05, 0.1) is 32.0 Å². The number of carbonyl (C=O) groups excluding carboxylic acids is 2. The largest absolute Gasteiger partial charge is 0.466 e. The first-order chi connectivity index (χ1) is 43.2. The van der Waals surface area contributed by atoms with Gasteiger partial charge in [0, 0.05) is 12.8 Å². The van der Waals surface area contributed by atoms with Crippen molar-refractivity contribution in [2.75, 3.05) is 19.8 Å². The second-order valence-corrected chi connectivity index (χ2v) is 26.0. The molecule has 1 amide bonds. The van der Waals surface area contributed by atoms with Gasteiger partial charge in [-0.25, -0.2) is 0 Å². The second kappa shape index (κ2) is 65.8. The van der Waals surface area contributed by atoms with Gasteiger partial charge in [0.1, 0.15) is 24.4 Å². The van der Waals surface area contributed by atoms with E-state index in [4.69, 9.17) is 14.2 Å². The number of allylic oxidation sites excluding steroid dienone is 9. The van der Waals surface area contributed by atoms with Crippen LogP contribution < -0.4 is 5.32 Å². The maximum atomic E-state index is 13.1. The van der Waals surface area contributed by atoms with Gasteiger partial charge in [-0.1, -0.05) is 312 Å². The lowest BCUT2D eigenvalue weighted by Crippen LogP contribution is -2.60. The minimum absolute atomic E-state index is 0.0105. The summed E-state index contributed by atoms with van der Waals surface area (Å²) < 4.78 is 16.7. The van der Waals surface area contributed by atoms with E-state index in [0.717, 1.165) is 70.6 Å². The summed E-state index contributed by atoms with van der Waals surface area (Å²) in [4.78, 5) is 25.1. The highest BCUT2D eigenvalue weighted by molar-refractivity contribution is 5.76. The van der Waals surface area contributed by atoms with Gasteiger partial charge in [-0.2, -0.15) is 0 Å². The number of aliphatic hydroxyl groups excluding tert-OH is 5. The quantitative estimate of drug-likeness (QED) is 0.0195. The summed E-state index contributed by atoms with van der Waals surface area (Å²) in [5.41, 5.74) is 0. The van der Waals surface area contributed by atoms with Crippen LogP contribution >= 0.6 is 0 Å². The van der Waals surface area contributed by atoms with Gasteiger partial charge in [-0.05, 0) is 89.9 Å². The highest BCUT2D eigenvalue weighted by Crippen LogP contribution is 2.23. The third kappa shape index (κ3) is 54.0. The Morgan fingerprint density at radius 2 is 0.773 bits per heavy atom. The molecule has 514 valence electrons. The van der Waals surface area contributed by atoms with Crippen molar-refractivity contribution in [3.05, 3.63) is 60.8 Å². The van der Waals surface area contributed by atoms with Crippen LogP contribution in [0.25, 0.3) is 0 Å². The van der Waals surface area contributed by atoms with Crippen LogP contribution in [-0.4, -0.2) is 100 Å². The van der Waals surface area contributed by atoms with Crippen LogP contribution in [0.5, 0.6) is 0 Å². The first-order valence-electron chi connectivity index (χ1n) is 37.6. The Kier molecular flexibility index (Phi) is 62.4. The number of esters is 1. The Labute approximate surface area is 541 Å².